The first kappa shape index (κ1) is 12.9. The van der Waals surface area contributed by atoms with Crippen LogP contribution >= 0.6 is 15.9 Å². The molecule has 8 heteroatoms. The molecule has 0 aliphatic heterocycles. The molecule has 0 aromatic heterocycles. The number of nitro groups is 1. The monoisotopic (exact) mass is 298 g/mol. The molecule has 0 radical (unpaired) electrons. The van der Waals surface area contributed by atoms with Gasteiger partial charge < -0.3 is 5.73 Å². The third-order valence-electron chi connectivity index (χ3n) is 1.90. The van der Waals surface area contributed by atoms with Crippen molar-refractivity contribution in [2.45, 2.75) is 12.7 Å². The van der Waals surface area contributed by atoms with Gasteiger partial charge in [0.05, 0.1) is 4.92 Å². The highest BCUT2D eigenvalue weighted by atomic mass is 79.9. The van der Waals surface area contributed by atoms with Gasteiger partial charge in [-0.1, -0.05) is 6.07 Å². The standard InChI is InChI=1S/C8H6BrF3N2O2/c9-6-4(3-13)1-2-5(8(10,11)12)7(6)14(15)16/h1-2H,3,13H2. The number of hydrogen-bond acceptors (Lipinski definition) is 3. The number of hydrogen-bond donors (Lipinski definition) is 1. The molecule has 1 rings (SSSR count). The number of nitrogens with two attached hydrogens (primary N) is 1. The maximum atomic E-state index is 12.5. The molecule has 0 heterocycles. The average Bonchev–Trinajstić information content (AvgIpc) is 2.15. The van der Waals surface area contributed by atoms with Crippen LogP contribution in [0.2, 0.25) is 0 Å². The van der Waals surface area contributed by atoms with Gasteiger partial charge in [0.2, 0.25) is 0 Å². The van der Waals surface area contributed by atoms with E-state index < -0.39 is 22.4 Å². The van der Waals surface area contributed by atoms with E-state index >= 15 is 0 Å². The summed E-state index contributed by atoms with van der Waals surface area (Å²) in [6.07, 6.45) is -4.77. The number of alkyl halides is 3. The first-order chi connectivity index (χ1) is 7.29. The lowest BCUT2D eigenvalue weighted by molar-refractivity contribution is -0.388. The summed E-state index contributed by atoms with van der Waals surface area (Å²) < 4.78 is 37.2. The van der Waals surface area contributed by atoms with E-state index in [9.17, 15) is 23.3 Å². The lowest BCUT2D eigenvalue weighted by Crippen LogP contribution is -2.11. The summed E-state index contributed by atoms with van der Waals surface area (Å²) in [5.74, 6) is 0. The molecule has 0 aliphatic carbocycles. The Morgan fingerprint density at radius 3 is 2.38 bits per heavy atom. The Hall–Kier alpha value is -1.15. The molecule has 0 unspecified atom stereocenters. The van der Waals surface area contributed by atoms with E-state index in [1.54, 1.807) is 0 Å². The van der Waals surface area contributed by atoms with E-state index in [0.717, 1.165) is 6.07 Å². The minimum Gasteiger partial charge on any atom is -0.326 e. The normalized spacial score (nSPS) is 11.6. The van der Waals surface area contributed by atoms with Crippen molar-refractivity contribution in [2.24, 2.45) is 5.73 Å². The van der Waals surface area contributed by atoms with Gasteiger partial charge in [-0.05, 0) is 27.6 Å². The highest BCUT2D eigenvalue weighted by Gasteiger charge is 2.40. The highest BCUT2D eigenvalue weighted by molar-refractivity contribution is 9.10. The second kappa shape index (κ2) is 4.38. The molecular weight excluding hydrogens is 293 g/mol. The average molecular weight is 299 g/mol. The van der Waals surface area contributed by atoms with Crippen molar-refractivity contribution in [3.63, 3.8) is 0 Å². The summed E-state index contributed by atoms with van der Waals surface area (Å²) in [7, 11) is 0. The summed E-state index contributed by atoms with van der Waals surface area (Å²) in [5.41, 5.74) is 3.20. The van der Waals surface area contributed by atoms with Gasteiger partial charge in [0, 0.05) is 6.54 Å². The maximum Gasteiger partial charge on any atom is 0.423 e. The van der Waals surface area contributed by atoms with Crippen molar-refractivity contribution in [2.75, 3.05) is 0 Å². The molecule has 0 amide bonds. The van der Waals surface area contributed by atoms with E-state index in [1.165, 1.54) is 0 Å². The van der Waals surface area contributed by atoms with Crippen molar-refractivity contribution in [3.05, 3.63) is 37.8 Å². The summed E-state index contributed by atoms with van der Waals surface area (Å²) in [6.45, 7) is -0.0838. The van der Waals surface area contributed by atoms with Crippen LogP contribution in [0.15, 0.2) is 16.6 Å². The highest BCUT2D eigenvalue weighted by Crippen LogP contribution is 2.41. The van der Waals surface area contributed by atoms with Gasteiger partial charge in [-0.3, -0.25) is 10.1 Å². The molecular formula is C8H6BrF3N2O2. The fourth-order valence-electron chi connectivity index (χ4n) is 1.17. The molecule has 1 aromatic carbocycles. The van der Waals surface area contributed by atoms with E-state index in [0.29, 0.717) is 6.07 Å². The molecule has 0 bridgehead atoms. The molecule has 0 atom stereocenters. The Bertz CT molecular complexity index is 434. The second-order valence-corrected chi connectivity index (χ2v) is 3.69. The molecule has 1 aromatic rings. The van der Waals surface area contributed by atoms with Gasteiger partial charge >= 0.3 is 6.18 Å². The van der Waals surface area contributed by atoms with Crippen LogP contribution in [0.3, 0.4) is 0 Å². The van der Waals surface area contributed by atoms with Crippen molar-refractivity contribution < 1.29 is 18.1 Å². The number of nitro benzene ring substituents is 1. The minimum absolute atomic E-state index is 0.0838. The van der Waals surface area contributed by atoms with Crippen molar-refractivity contribution in [3.8, 4) is 0 Å². The molecule has 0 saturated carbocycles. The van der Waals surface area contributed by atoms with Crippen molar-refractivity contribution in [1.29, 1.82) is 0 Å². The molecule has 88 valence electrons. The van der Waals surface area contributed by atoms with E-state index in [-0.39, 0.29) is 16.6 Å². The Morgan fingerprint density at radius 2 is 2.00 bits per heavy atom. The fourth-order valence-corrected chi connectivity index (χ4v) is 1.82. The maximum absolute atomic E-state index is 12.5. The number of halogens is 4. The van der Waals surface area contributed by atoms with Crippen LogP contribution in [0.1, 0.15) is 11.1 Å². The zero-order valence-electron chi connectivity index (χ0n) is 7.71. The van der Waals surface area contributed by atoms with Gasteiger partial charge in [-0.2, -0.15) is 13.2 Å². The summed E-state index contributed by atoms with van der Waals surface area (Å²) in [5, 5.41) is 10.6. The molecule has 0 fully saturated rings. The predicted molar refractivity (Wildman–Crippen MR) is 53.7 cm³/mol. The topological polar surface area (TPSA) is 69.2 Å². The van der Waals surface area contributed by atoms with Gasteiger partial charge in [-0.25, -0.2) is 0 Å². The molecule has 0 spiro atoms. The molecule has 0 saturated heterocycles. The molecule has 4 nitrogen and oxygen atoms in total. The predicted octanol–water partition coefficient (Wildman–Crippen LogP) is 2.83. The van der Waals surface area contributed by atoms with Crippen molar-refractivity contribution >= 4 is 21.6 Å². The number of benzene rings is 1. The number of nitrogens with zero attached hydrogens (tertiary/aromatic N) is 1. The van der Waals surface area contributed by atoms with Gasteiger partial charge in [-0.15, -0.1) is 0 Å². The molecule has 0 aliphatic rings. The zero-order chi connectivity index (χ0) is 12.5. The quantitative estimate of drug-likeness (QED) is 0.674. The lowest BCUT2D eigenvalue weighted by Gasteiger charge is -2.10. The third kappa shape index (κ3) is 2.33. The largest absolute Gasteiger partial charge is 0.423 e. The van der Waals surface area contributed by atoms with Crippen LogP contribution in [0.25, 0.3) is 0 Å². The van der Waals surface area contributed by atoms with E-state index in [4.69, 9.17) is 5.73 Å². The van der Waals surface area contributed by atoms with Crippen LogP contribution in [0, 0.1) is 10.1 Å². The van der Waals surface area contributed by atoms with Gasteiger partial charge in [0.25, 0.3) is 5.69 Å². The fraction of sp³-hybridized carbons (Fsp3) is 0.250. The van der Waals surface area contributed by atoms with Crippen LogP contribution in [-0.4, -0.2) is 4.92 Å². The first-order valence-corrected chi connectivity index (χ1v) is 4.81. The first-order valence-electron chi connectivity index (χ1n) is 4.02. The summed E-state index contributed by atoms with van der Waals surface area (Å²) in [4.78, 5) is 9.51. The molecule has 2 N–H and O–H groups in total. The number of rotatable bonds is 2. The lowest BCUT2D eigenvalue weighted by atomic mass is 10.1. The van der Waals surface area contributed by atoms with Crippen LogP contribution in [-0.2, 0) is 12.7 Å². The minimum atomic E-state index is -4.77. The smallest absolute Gasteiger partial charge is 0.326 e. The Kier molecular flexibility index (Phi) is 3.54. The van der Waals surface area contributed by atoms with E-state index in [1.807, 2.05) is 0 Å². The third-order valence-corrected chi connectivity index (χ3v) is 2.79. The Balaban J connectivity index is 3.53. The van der Waals surface area contributed by atoms with Crippen LogP contribution in [0.4, 0.5) is 18.9 Å². The summed E-state index contributed by atoms with van der Waals surface area (Å²) in [6, 6.07) is 1.77. The van der Waals surface area contributed by atoms with E-state index in [2.05, 4.69) is 15.9 Å². The Labute approximate surface area is 96.5 Å². The van der Waals surface area contributed by atoms with Crippen LogP contribution < -0.4 is 5.73 Å². The zero-order valence-corrected chi connectivity index (χ0v) is 9.30. The second-order valence-electron chi connectivity index (χ2n) is 2.89. The SMILES string of the molecule is NCc1ccc(C(F)(F)F)c([N+](=O)[O-])c1Br. The van der Waals surface area contributed by atoms with Crippen LogP contribution in [0.5, 0.6) is 0 Å². The van der Waals surface area contributed by atoms with Crippen molar-refractivity contribution in [1.82, 2.24) is 0 Å². The van der Waals surface area contributed by atoms with Gasteiger partial charge in [0.1, 0.15) is 10.0 Å². The van der Waals surface area contributed by atoms with Gasteiger partial charge in [0.15, 0.2) is 0 Å². The Morgan fingerprint density at radius 1 is 1.44 bits per heavy atom. The summed E-state index contributed by atoms with van der Waals surface area (Å²) >= 11 is 2.76. The molecule has 16 heavy (non-hydrogen) atoms.